The average Bonchev–Trinajstić information content (AvgIpc) is 2.65. The van der Waals surface area contributed by atoms with Gasteiger partial charge in [-0.15, -0.1) is 0 Å². The molecule has 0 fully saturated rings. The van der Waals surface area contributed by atoms with Gasteiger partial charge in [0.2, 0.25) is 0 Å². The van der Waals surface area contributed by atoms with E-state index in [0.29, 0.717) is 0 Å². The lowest BCUT2D eigenvalue weighted by molar-refractivity contribution is 0.738. The van der Waals surface area contributed by atoms with E-state index in [-0.39, 0.29) is 0 Å². The van der Waals surface area contributed by atoms with Gasteiger partial charge in [0.15, 0.2) is 0 Å². The maximum atomic E-state index is 5.58. The van der Waals surface area contributed by atoms with Crippen LogP contribution >= 0.6 is 0 Å². The van der Waals surface area contributed by atoms with Crippen LogP contribution in [-0.4, -0.2) is 16.1 Å². The first kappa shape index (κ1) is 12.8. The molecule has 0 amide bonds. The first-order chi connectivity index (χ1) is 8.72. The molecule has 2 aromatic rings. The molecule has 0 bridgehead atoms. The van der Waals surface area contributed by atoms with E-state index in [4.69, 9.17) is 5.73 Å². The zero-order valence-electron chi connectivity index (χ0n) is 11.2. The van der Waals surface area contributed by atoms with Crippen molar-refractivity contribution in [1.29, 1.82) is 0 Å². The van der Waals surface area contributed by atoms with Gasteiger partial charge in [-0.05, 0) is 62.6 Å². The van der Waals surface area contributed by atoms with Crippen LogP contribution in [0.5, 0.6) is 0 Å². The fraction of sp³-hybridized carbons (Fsp3) is 0.400. The fourth-order valence-electron chi connectivity index (χ4n) is 2.33. The van der Waals surface area contributed by atoms with E-state index in [1.807, 2.05) is 12.4 Å². The average molecular weight is 243 g/mol. The Balaban J connectivity index is 2.20. The van der Waals surface area contributed by atoms with Crippen molar-refractivity contribution < 1.29 is 0 Å². The van der Waals surface area contributed by atoms with Crippen LogP contribution in [-0.2, 0) is 13.0 Å². The van der Waals surface area contributed by atoms with Crippen molar-refractivity contribution in [3.05, 3.63) is 53.1 Å². The zero-order chi connectivity index (χ0) is 13.0. The molecule has 18 heavy (non-hydrogen) atoms. The summed E-state index contributed by atoms with van der Waals surface area (Å²) in [6.45, 7) is 6.04. The fourth-order valence-corrected chi connectivity index (χ4v) is 2.33. The highest BCUT2D eigenvalue weighted by molar-refractivity contribution is 5.28. The second-order valence-electron chi connectivity index (χ2n) is 4.73. The van der Waals surface area contributed by atoms with E-state index in [0.717, 1.165) is 25.9 Å². The lowest BCUT2D eigenvalue weighted by atomic mass is 10.1. The minimum Gasteiger partial charge on any atom is -0.345 e. The van der Waals surface area contributed by atoms with Crippen molar-refractivity contribution in [3.8, 4) is 0 Å². The monoisotopic (exact) mass is 243 g/mol. The third-order valence-corrected chi connectivity index (χ3v) is 3.42. The molecule has 3 heteroatoms. The van der Waals surface area contributed by atoms with Gasteiger partial charge in [0, 0.05) is 30.3 Å². The van der Waals surface area contributed by atoms with Crippen LogP contribution in [0.25, 0.3) is 0 Å². The number of nitrogens with two attached hydrogens (primary N) is 1. The highest BCUT2D eigenvalue weighted by Gasteiger charge is 2.08. The summed E-state index contributed by atoms with van der Waals surface area (Å²) in [5, 5.41) is 0. The highest BCUT2D eigenvalue weighted by Crippen LogP contribution is 2.18. The Hall–Kier alpha value is -1.61. The molecule has 0 saturated heterocycles. The second kappa shape index (κ2) is 5.83. The number of pyridine rings is 1. The number of hydrogen-bond acceptors (Lipinski definition) is 2. The van der Waals surface area contributed by atoms with Crippen LogP contribution in [0.3, 0.4) is 0 Å². The lowest BCUT2D eigenvalue weighted by Gasteiger charge is -2.10. The molecule has 2 aromatic heterocycles. The van der Waals surface area contributed by atoms with E-state index in [1.165, 1.54) is 22.5 Å². The molecule has 2 rings (SSSR count). The predicted octanol–water partition coefficient (Wildman–Crippen LogP) is 2.44. The van der Waals surface area contributed by atoms with Gasteiger partial charge in [0.05, 0.1) is 0 Å². The van der Waals surface area contributed by atoms with Crippen LogP contribution in [0.4, 0.5) is 0 Å². The third-order valence-electron chi connectivity index (χ3n) is 3.42. The molecule has 0 atom stereocenters. The molecule has 0 aliphatic heterocycles. The van der Waals surface area contributed by atoms with Gasteiger partial charge in [0.25, 0.3) is 0 Å². The molecule has 2 N–H and O–H groups in total. The Morgan fingerprint density at radius 1 is 1.22 bits per heavy atom. The van der Waals surface area contributed by atoms with Crippen LogP contribution in [0, 0.1) is 13.8 Å². The molecular formula is C15H21N3. The van der Waals surface area contributed by atoms with E-state index in [2.05, 4.69) is 41.6 Å². The Bertz CT molecular complexity index is 500. The van der Waals surface area contributed by atoms with Crippen LogP contribution in [0.1, 0.15) is 28.9 Å². The predicted molar refractivity (Wildman–Crippen MR) is 74.6 cm³/mol. The van der Waals surface area contributed by atoms with Crippen molar-refractivity contribution in [1.82, 2.24) is 9.55 Å². The summed E-state index contributed by atoms with van der Waals surface area (Å²) in [4.78, 5) is 4.05. The smallest absolute Gasteiger partial charge is 0.0476 e. The maximum Gasteiger partial charge on any atom is 0.0476 e. The summed E-state index contributed by atoms with van der Waals surface area (Å²) >= 11 is 0. The minimum absolute atomic E-state index is 0.758. The number of aromatic nitrogens is 2. The van der Waals surface area contributed by atoms with Gasteiger partial charge in [-0.3, -0.25) is 4.98 Å². The Morgan fingerprint density at radius 2 is 1.94 bits per heavy atom. The summed E-state index contributed by atoms with van der Waals surface area (Å²) in [5.41, 5.74) is 11.0. The zero-order valence-corrected chi connectivity index (χ0v) is 11.2. The normalized spacial score (nSPS) is 10.8. The SMILES string of the molecule is Cc1cc(CCCN)c(C)n1Cc1ccncc1. The van der Waals surface area contributed by atoms with E-state index in [9.17, 15) is 0 Å². The summed E-state index contributed by atoms with van der Waals surface area (Å²) < 4.78 is 2.36. The standard InChI is InChI=1S/C15H21N3/c1-12-10-15(4-3-7-16)13(2)18(12)11-14-5-8-17-9-6-14/h5-6,8-10H,3-4,7,11,16H2,1-2H3. The summed E-state index contributed by atoms with van der Waals surface area (Å²) in [6.07, 6.45) is 5.82. The highest BCUT2D eigenvalue weighted by atomic mass is 15.0. The molecule has 0 spiro atoms. The quantitative estimate of drug-likeness (QED) is 0.876. The van der Waals surface area contributed by atoms with Gasteiger partial charge in [-0.2, -0.15) is 0 Å². The summed E-state index contributed by atoms with van der Waals surface area (Å²) in [6, 6.07) is 6.42. The molecule has 0 aromatic carbocycles. The molecule has 3 nitrogen and oxygen atoms in total. The summed E-state index contributed by atoms with van der Waals surface area (Å²) in [7, 11) is 0. The molecule has 0 aliphatic rings. The largest absolute Gasteiger partial charge is 0.345 e. The number of aryl methyl sites for hydroxylation is 2. The molecule has 2 heterocycles. The van der Waals surface area contributed by atoms with Crippen LogP contribution in [0.2, 0.25) is 0 Å². The van der Waals surface area contributed by atoms with Crippen LogP contribution < -0.4 is 5.73 Å². The molecule has 0 aliphatic carbocycles. The Labute approximate surface area is 109 Å². The number of nitrogens with zero attached hydrogens (tertiary/aromatic N) is 2. The molecular weight excluding hydrogens is 222 g/mol. The summed E-state index contributed by atoms with van der Waals surface area (Å²) in [5.74, 6) is 0. The van der Waals surface area contributed by atoms with Gasteiger partial charge in [-0.25, -0.2) is 0 Å². The van der Waals surface area contributed by atoms with Crippen LogP contribution in [0.15, 0.2) is 30.6 Å². The number of hydrogen-bond donors (Lipinski definition) is 1. The van der Waals surface area contributed by atoms with Crippen molar-refractivity contribution in [3.63, 3.8) is 0 Å². The Morgan fingerprint density at radius 3 is 2.61 bits per heavy atom. The van der Waals surface area contributed by atoms with Gasteiger partial charge < -0.3 is 10.3 Å². The molecule has 0 radical (unpaired) electrons. The third kappa shape index (κ3) is 2.79. The minimum atomic E-state index is 0.758. The topological polar surface area (TPSA) is 43.8 Å². The molecule has 0 saturated carbocycles. The van der Waals surface area contributed by atoms with Gasteiger partial charge in [-0.1, -0.05) is 0 Å². The first-order valence-electron chi connectivity index (χ1n) is 6.47. The van der Waals surface area contributed by atoms with E-state index in [1.54, 1.807) is 0 Å². The van der Waals surface area contributed by atoms with Crippen molar-refractivity contribution in [2.75, 3.05) is 6.54 Å². The lowest BCUT2D eigenvalue weighted by Crippen LogP contribution is -2.05. The molecule has 0 unspecified atom stereocenters. The second-order valence-corrected chi connectivity index (χ2v) is 4.73. The van der Waals surface area contributed by atoms with Gasteiger partial charge >= 0.3 is 0 Å². The maximum absolute atomic E-state index is 5.58. The Kier molecular flexibility index (Phi) is 4.15. The van der Waals surface area contributed by atoms with Gasteiger partial charge in [0.1, 0.15) is 0 Å². The van der Waals surface area contributed by atoms with E-state index >= 15 is 0 Å². The van der Waals surface area contributed by atoms with Crippen molar-refractivity contribution in [2.24, 2.45) is 5.73 Å². The van der Waals surface area contributed by atoms with Crippen molar-refractivity contribution in [2.45, 2.75) is 33.2 Å². The number of rotatable bonds is 5. The molecule has 96 valence electrons. The van der Waals surface area contributed by atoms with Crippen molar-refractivity contribution >= 4 is 0 Å². The first-order valence-corrected chi connectivity index (χ1v) is 6.47. The van der Waals surface area contributed by atoms with E-state index < -0.39 is 0 Å².